The van der Waals surface area contributed by atoms with Crippen LogP contribution in [0.2, 0.25) is 0 Å². The van der Waals surface area contributed by atoms with Crippen LogP contribution in [0.25, 0.3) is 0 Å². The average molecular weight is 385 g/mol. The Hall–Kier alpha value is 0.254. The van der Waals surface area contributed by atoms with E-state index in [1.807, 2.05) is 0 Å². The summed E-state index contributed by atoms with van der Waals surface area (Å²) in [6, 6.07) is 0. The first-order valence-electron chi connectivity index (χ1n) is 9.10. The van der Waals surface area contributed by atoms with E-state index < -0.39 is 17.0 Å². The third-order valence-electron chi connectivity index (χ3n) is 5.85. The van der Waals surface area contributed by atoms with E-state index in [0.717, 1.165) is 11.8 Å². The van der Waals surface area contributed by atoms with Gasteiger partial charge in [0.2, 0.25) is 0 Å². The molecule has 0 saturated carbocycles. The van der Waals surface area contributed by atoms with Crippen LogP contribution in [0, 0.1) is 11.8 Å². The summed E-state index contributed by atoms with van der Waals surface area (Å²) in [5.41, 5.74) is 6.99. The Labute approximate surface area is 157 Å². The summed E-state index contributed by atoms with van der Waals surface area (Å²) < 4.78 is 0. The molecule has 4 aliphatic rings. The normalized spacial score (nSPS) is 28.4. The maximum absolute atomic E-state index is 4.89. The van der Waals surface area contributed by atoms with Gasteiger partial charge in [-0.1, -0.05) is 35.5 Å². The standard InChI is InChI=1S/C20H26.2ClH.Ti/c1-3-7-19-15(5-1)9-11-17(19)13-14-18-12-10-16-6-2-4-8-20(16)18;;;/h9-12,17-18H,1-8,13-14H2;2*1H;/q;;;+2/p-2/t17-,18-;;;/m1.../s1. The minimum absolute atomic E-state index is 0.556. The number of rotatable bonds is 3. The molecular weight excluding hydrogens is 359 g/mol. The minimum atomic E-state index is -0.556. The Bertz CT molecular complexity index is 494. The fourth-order valence-electron chi connectivity index (χ4n) is 4.73. The Morgan fingerprint density at radius 2 is 1.13 bits per heavy atom. The molecule has 0 nitrogen and oxygen atoms in total. The van der Waals surface area contributed by atoms with Gasteiger partial charge in [0.15, 0.2) is 0 Å². The van der Waals surface area contributed by atoms with Crippen LogP contribution in [-0.4, -0.2) is 0 Å². The van der Waals surface area contributed by atoms with Crippen LogP contribution in [-0.2, 0) is 17.0 Å². The van der Waals surface area contributed by atoms with E-state index in [1.54, 1.807) is 22.3 Å². The molecule has 0 aromatic rings. The molecule has 2 atom stereocenters. The average Bonchev–Trinajstić information content (AvgIpc) is 3.18. The van der Waals surface area contributed by atoms with Gasteiger partial charge in [-0.2, -0.15) is 0 Å². The SMILES string of the molecule is C1=C[C@H](CC[C@H]2C=CC3=C2CCCC3)C2=C1CCCC2.[Cl][Ti][Cl]. The zero-order valence-corrected chi connectivity index (χ0v) is 16.9. The van der Waals surface area contributed by atoms with Crippen LogP contribution in [0.5, 0.6) is 0 Å². The van der Waals surface area contributed by atoms with Gasteiger partial charge in [-0.3, -0.25) is 0 Å². The van der Waals surface area contributed by atoms with Gasteiger partial charge in [-0.25, -0.2) is 0 Å². The zero-order chi connectivity index (χ0) is 16.1. The molecule has 4 rings (SSSR count). The van der Waals surface area contributed by atoms with Crippen LogP contribution >= 0.6 is 18.6 Å². The van der Waals surface area contributed by atoms with Crippen molar-refractivity contribution in [2.24, 2.45) is 11.8 Å². The van der Waals surface area contributed by atoms with Crippen LogP contribution in [0.15, 0.2) is 46.6 Å². The molecule has 23 heavy (non-hydrogen) atoms. The molecule has 0 aromatic carbocycles. The molecule has 0 bridgehead atoms. The first-order valence-corrected chi connectivity index (χ1v) is 13.4. The van der Waals surface area contributed by atoms with E-state index in [2.05, 4.69) is 24.3 Å². The number of hydrogen-bond acceptors (Lipinski definition) is 0. The number of halogens is 2. The predicted octanol–water partition coefficient (Wildman–Crippen LogP) is 7.26. The molecule has 0 radical (unpaired) electrons. The molecular formula is C20H26Cl2Ti. The third-order valence-corrected chi connectivity index (χ3v) is 5.85. The summed E-state index contributed by atoms with van der Waals surface area (Å²) in [4.78, 5) is 0. The second-order valence-electron chi connectivity index (χ2n) is 7.10. The van der Waals surface area contributed by atoms with Crippen molar-refractivity contribution in [3.05, 3.63) is 46.6 Å². The quantitative estimate of drug-likeness (QED) is 0.449. The topological polar surface area (TPSA) is 0 Å². The summed E-state index contributed by atoms with van der Waals surface area (Å²) in [6.45, 7) is 0. The van der Waals surface area contributed by atoms with Crippen molar-refractivity contribution in [1.29, 1.82) is 0 Å². The molecule has 0 unspecified atom stereocenters. The van der Waals surface area contributed by atoms with Crippen molar-refractivity contribution in [3.63, 3.8) is 0 Å². The molecule has 0 N–H and O–H groups in total. The summed E-state index contributed by atoms with van der Waals surface area (Å²) >= 11 is -0.556. The third kappa shape index (κ3) is 4.46. The first kappa shape index (κ1) is 18.1. The molecule has 0 aliphatic heterocycles. The van der Waals surface area contributed by atoms with Crippen LogP contribution in [0.3, 0.4) is 0 Å². The van der Waals surface area contributed by atoms with Gasteiger partial charge < -0.3 is 0 Å². The fraction of sp³-hybridized carbons (Fsp3) is 0.600. The number of hydrogen-bond donors (Lipinski definition) is 0. The fourth-order valence-corrected chi connectivity index (χ4v) is 4.73. The van der Waals surface area contributed by atoms with Crippen molar-refractivity contribution in [2.45, 2.75) is 64.2 Å². The first-order chi connectivity index (χ1) is 11.3. The Morgan fingerprint density at radius 1 is 0.739 bits per heavy atom. The van der Waals surface area contributed by atoms with E-state index in [9.17, 15) is 0 Å². The summed E-state index contributed by atoms with van der Waals surface area (Å²) in [7, 11) is 9.78. The maximum atomic E-state index is 4.89. The van der Waals surface area contributed by atoms with Crippen molar-refractivity contribution in [3.8, 4) is 0 Å². The van der Waals surface area contributed by atoms with Gasteiger partial charge in [0.1, 0.15) is 0 Å². The molecule has 0 saturated heterocycles. The Morgan fingerprint density at radius 3 is 1.57 bits per heavy atom. The van der Waals surface area contributed by atoms with E-state index in [1.165, 1.54) is 64.2 Å². The van der Waals surface area contributed by atoms with Crippen molar-refractivity contribution in [2.75, 3.05) is 0 Å². The monoisotopic (exact) mass is 384 g/mol. The molecule has 0 fully saturated rings. The van der Waals surface area contributed by atoms with Crippen LogP contribution in [0.1, 0.15) is 64.2 Å². The van der Waals surface area contributed by atoms with E-state index in [-0.39, 0.29) is 0 Å². The van der Waals surface area contributed by atoms with Crippen LogP contribution in [0.4, 0.5) is 0 Å². The molecule has 4 aliphatic carbocycles. The summed E-state index contributed by atoms with van der Waals surface area (Å²) in [5.74, 6) is 1.57. The van der Waals surface area contributed by atoms with Crippen molar-refractivity contribution >= 4 is 18.6 Å². The summed E-state index contributed by atoms with van der Waals surface area (Å²) in [5, 5.41) is 0. The van der Waals surface area contributed by atoms with Crippen molar-refractivity contribution < 1.29 is 17.0 Å². The number of allylic oxidation sites excluding steroid dienone is 8. The van der Waals surface area contributed by atoms with Crippen LogP contribution < -0.4 is 0 Å². The van der Waals surface area contributed by atoms with Gasteiger partial charge in [-0.05, 0) is 87.2 Å². The zero-order valence-electron chi connectivity index (χ0n) is 13.8. The molecule has 124 valence electrons. The van der Waals surface area contributed by atoms with Gasteiger partial charge >= 0.3 is 35.6 Å². The van der Waals surface area contributed by atoms with E-state index in [4.69, 9.17) is 18.6 Å². The molecule has 3 heteroatoms. The van der Waals surface area contributed by atoms with Gasteiger partial charge in [0.05, 0.1) is 0 Å². The second kappa shape index (κ2) is 9.09. The second-order valence-corrected chi connectivity index (χ2v) is 9.67. The van der Waals surface area contributed by atoms with Gasteiger partial charge in [-0.15, -0.1) is 0 Å². The van der Waals surface area contributed by atoms with Gasteiger partial charge in [0, 0.05) is 0 Å². The molecule has 0 aromatic heterocycles. The van der Waals surface area contributed by atoms with E-state index >= 15 is 0 Å². The Balaban J connectivity index is 0.000000485. The molecule has 0 amide bonds. The predicted molar refractivity (Wildman–Crippen MR) is 97.2 cm³/mol. The van der Waals surface area contributed by atoms with E-state index in [0.29, 0.717) is 0 Å². The molecule has 0 spiro atoms. The summed E-state index contributed by atoms with van der Waals surface area (Å²) in [6.07, 6.45) is 23.8. The Kier molecular flexibility index (Phi) is 7.14. The van der Waals surface area contributed by atoms with Gasteiger partial charge in [0.25, 0.3) is 0 Å². The van der Waals surface area contributed by atoms with Crippen molar-refractivity contribution in [1.82, 2.24) is 0 Å². The molecule has 0 heterocycles.